The fourth-order valence-corrected chi connectivity index (χ4v) is 3.95. The SMILES string of the molecule is Cc1cc2c(c(/C=C\C(=O)c3ccccc3)c1)O[C@@]1(C=C2)Oc2ccccc2C(=O)N1C. The minimum atomic E-state index is -1.40. The van der Waals surface area contributed by atoms with Crippen LogP contribution in [0.25, 0.3) is 12.2 Å². The van der Waals surface area contributed by atoms with Gasteiger partial charge in [0, 0.05) is 29.8 Å². The minimum absolute atomic E-state index is 0.0999. The number of likely N-dealkylation sites (N-methyl/N-ethyl adjacent to an activating group) is 1. The van der Waals surface area contributed by atoms with Crippen LogP contribution in [-0.2, 0) is 0 Å². The van der Waals surface area contributed by atoms with Crippen LogP contribution in [0.15, 0.2) is 78.9 Å². The lowest BCUT2D eigenvalue weighted by atomic mass is 10.00. The van der Waals surface area contributed by atoms with Crippen molar-refractivity contribution in [1.82, 2.24) is 4.90 Å². The van der Waals surface area contributed by atoms with Gasteiger partial charge >= 0.3 is 5.91 Å². The molecule has 1 atom stereocenters. The second-order valence-corrected chi connectivity index (χ2v) is 7.86. The normalized spacial score (nSPS) is 18.8. The van der Waals surface area contributed by atoms with Crippen LogP contribution in [0, 0.1) is 6.92 Å². The predicted molar refractivity (Wildman–Crippen MR) is 123 cm³/mol. The number of hydrogen-bond donors (Lipinski definition) is 0. The van der Waals surface area contributed by atoms with Gasteiger partial charge in [0.25, 0.3) is 5.91 Å². The number of carbonyl (C=O) groups is 2. The Morgan fingerprint density at radius 3 is 2.56 bits per heavy atom. The van der Waals surface area contributed by atoms with Gasteiger partial charge in [0.1, 0.15) is 11.5 Å². The number of allylic oxidation sites excluding steroid dienone is 1. The molecule has 0 fully saturated rings. The lowest BCUT2D eigenvalue weighted by Crippen LogP contribution is -2.60. The van der Waals surface area contributed by atoms with E-state index in [1.54, 1.807) is 49.5 Å². The van der Waals surface area contributed by atoms with Crippen molar-refractivity contribution in [1.29, 1.82) is 0 Å². The largest absolute Gasteiger partial charge is 0.431 e. The maximum absolute atomic E-state index is 13.0. The molecular weight excluding hydrogens is 402 g/mol. The Kier molecular flexibility index (Phi) is 4.67. The molecule has 0 unspecified atom stereocenters. The number of amides is 1. The van der Waals surface area contributed by atoms with Gasteiger partial charge in [-0.05, 0) is 55.0 Å². The van der Waals surface area contributed by atoms with Crippen molar-refractivity contribution >= 4 is 23.8 Å². The Morgan fingerprint density at radius 1 is 1.00 bits per heavy atom. The summed E-state index contributed by atoms with van der Waals surface area (Å²) in [5.74, 6) is -0.679. The van der Waals surface area contributed by atoms with Crippen LogP contribution in [0.5, 0.6) is 11.5 Å². The van der Waals surface area contributed by atoms with E-state index in [-0.39, 0.29) is 11.7 Å². The highest BCUT2D eigenvalue weighted by Gasteiger charge is 2.47. The zero-order valence-corrected chi connectivity index (χ0v) is 17.7. The highest BCUT2D eigenvalue weighted by atomic mass is 16.7. The maximum atomic E-state index is 13.0. The van der Waals surface area contributed by atoms with Crippen LogP contribution in [0.1, 0.15) is 37.4 Å². The first-order valence-corrected chi connectivity index (χ1v) is 10.3. The number of aryl methyl sites for hydroxylation is 1. The van der Waals surface area contributed by atoms with E-state index < -0.39 is 5.91 Å². The third kappa shape index (κ3) is 3.28. The average molecular weight is 423 g/mol. The van der Waals surface area contributed by atoms with E-state index in [4.69, 9.17) is 9.47 Å². The molecular formula is C27H21NO4. The van der Waals surface area contributed by atoms with Crippen molar-refractivity contribution in [3.8, 4) is 11.5 Å². The topological polar surface area (TPSA) is 55.8 Å². The summed E-state index contributed by atoms with van der Waals surface area (Å²) < 4.78 is 12.5. The zero-order chi connectivity index (χ0) is 22.3. The molecule has 5 heteroatoms. The predicted octanol–water partition coefficient (Wildman–Crippen LogP) is 5.12. The van der Waals surface area contributed by atoms with Crippen molar-refractivity contribution < 1.29 is 19.1 Å². The van der Waals surface area contributed by atoms with Gasteiger partial charge < -0.3 is 9.47 Å². The van der Waals surface area contributed by atoms with Crippen LogP contribution in [-0.4, -0.2) is 29.5 Å². The van der Waals surface area contributed by atoms with E-state index in [9.17, 15) is 9.59 Å². The molecule has 0 saturated carbocycles. The van der Waals surface area contributed by atoms with E-state index in [1.165, 1.54) is 11.0 Å². The molecule has 2 aliphatic heterocycles. The lowest BCUT2D eigenvalue weighted by molar-refractivity contribution is -0.166. The zero-order valence-electron chi connectivity index (χ0n) is 17.7. The van der Waals surface area contributed by atoms with Crippen molar-refractivity contribution in [3.63, 3.8) is 0 Å². The summed E-state index contributed by atoms with van der Waals surface area (Å²) in [6, 6.07) is 20.1. The van der Waals surface area contributed by atoms with Gasteiger partial charge in [-0.2, -0.15) is 0 Å². The lowest BCUT2D eigenvalue weighted by Gasteiger charge is -2.44. The van der Waals surface area contributed by atoms with Gasteiger partial charge in [0.2, 0.25) is 0 Å². The van der Waals surface area contributed by atoms with Gasteiger partial charge in [-0.1, -0.05) is 42.5 Å². The number of ketones is 1. The molecule has 3 aromatic rings. The summed E-state index contributed by atoms with van der Waals surface area (Å²) in [5, 5.41) is 0. The number of nitrogens with zero attached hydrogens (tertiary/aromatic N) is 1. The molecule has 3 aromatic carbocycles. The molecule has 5 rings (SSSR count). The quantitative estimate of drug-likeness (QED) is 0.434. The Bertz CT molecular complexity index is 1290. The number of rotatable bonds is 3. The molecule has 158 valence electrons. The second kappa shape index (κ2) is 7.54. The molecule has 1 spiro atoms. The fourth-order valence-electron chi connectivity index (χ4n) is 3.95. The molecule has 5 nitrogen and oxygen atoms in total. The van der Waals surface area contributed by atoms with Gasteiger partial charge in [-0.3, -0.25) is 14.5 Å². The van der Waals surface area contributed by atoms with Gasteiger partial charge in [0.15, 0.2) is 5.78 Å². The molecule has 0 aliphatic carbocycles. The first-order valence-electron chi connectivity index (χ1n) is 10.3. The van der Waals surface area contributed by atoms with Gasteiger partial charge in [0.05, 0.1) is 5.56 Å². The van der Waals surface area contributed by atoms with Crippen molar-refractivity contribution in [2.45, 2.75) is 12.8 Å². The minimum Gasteiger partial charge on any atom is -0.431 e. The standard InChI is InChI=1S/C27H21NO4/c1-18-16-20(12-13-23(29)19-8-4-3-5-9-19)25-21(17-18)14-15-27(32-25)28(2)26(30)22-10-6-7-11-24(22)31-27/h3-17H,1-2H3/b13-12-/t27-/m1/s1. The van der Waals surface area contributed by atoms with Crippen molar-refractivity contribution in [2.75, 3.05) is 7.05 Å². The number of ether oxygens (including phenoxy) is 2. The Labute approximate surface area is 186 Å². The first kappa shape index (κ1) is 19.8. The van der Waals surface area contributed by atoms with E-state index in [2.05, 4.69) is 0 Å². The van der Waals surface area contributed by atoms with Crippen LogP contribution >= 0.6 is 0 Å². The highest BCUT2D eigenvalue weighted by Crippen LogP contribution is 2.41. The average Bonchev–Trinajstić information content (AvgIpc) is 2.82. The van der Waals surface area contributed by atoms with Crippen LogP contribution in [0.2, 0.25) is 0 Å². The number of benzene rings is 3. The number of fused-ring (bicyclic) bond motifs is 2. The third-order valence-corrected chi connectivity index (χ3v) is 5.63. The summed E-state index contributed by atoms with van der Waals surface area (Å²) in [7, 11) is 1.65. The van der Waals surface area contributed by atoms with Crippen molar-refractivity contribution in [3.05, 3.63) is 107 Å². The van der Waals surface area contributed by atoms with E-state index in [1.807, 2.05) is 49.4 Å². The Hall–Kier alpha value is -4.12. The monoisotopic (exact) mass is 423 g/mol. The number of hydrogen-bond acceptors (Lipinski definition) is 4. The smallest absolute Gasteiger partial charge is 0.362 e. The second-order valence-electron chi connectivity index (χ2n) is 7.86. The summed E-state index contributed by atoms with van der Waals surface area (Å²) in [5.41, 5.74) is 3.71. The van der Waals surface area contributed by atoms with Crippen molar-refractivity contribution in [2.24, 2.45) is 0 Å². The molecule has 0 bridgehead atoms. The summed E-state index contributed by atoms with van der Waals surface area (Å²) >= 11 is 0. The van der Waals surface area contributed by atoms with E-state index in [0.717, 1.165) is 16.7 Å². The molecule has 0 N–H and O–H groups in total. The first-order chi connectivity index (χ1) is 15.5. The molecule has 1 amide bonds. The molecule has 2 heterocycles. The summed E-state index contributed by atoms with van der Waals surface area (Å²) in [4.78, 5) is 27.0. The maximum Gasteiger partial charge on any atom is 0.362 e. The molecule has 32 heavy (non-hydrogen) atoms. The number of para-hydroxylation sites is 1. The summed E-state index contributed by atoms with van der Waals surface area (Å²) in [6.45, 7) is 1.98. The van der Waals surface area contributed by atoms with Gasteiger partial charge in [-0.25, -0.2) is 0 Å². The van der Waals surface area contributed by atoms with E-state index in [0.29, 0.717) is 22.6 Å². The molecule has 0 radical (unpaired) electrons. The van der Waals surface area contributed by atoms with Gasteiger partial charge in [-0.15, -0.1) is 0 Å². The number of carbonyl (C=O) groups excluding carboxylic acids is 2. The Morgan fingerprint density at radius 2 is 1.75 bits per heavy atom. The van der Waals surface area contributed by atoms with Crippen LogP contribution in [0.3, 0.4) is 0 Å². The highest BCUT2D eigenvalue weighted by molar-refractivity contribution is 6.07. The summed E-state index contributed by atoms with van der Waals surface area (Å²) in [6.07, 6.45) is 6.91. The third-order valence-electron chi connectivity index (χ3n) is 5.63. The van der Waals surface area contributed by atoms with Crippen LogP contribution in [0.4, 0.5) is 0 Å². The molecule has 2 aliphatic rings. The van der Waals surface area contributed by atoms with Crippen LogP contribution < -0.4 is 9.47 Å². The fraction of sp³-hybridized carbons (Fsp3) is 0.111. The molecule has 0 aromatic heterocycles. The Balaban J connectivity index is 1.53. The molecule has 0 saturated heterocycles. The van der Waals surface area contributed by atoms with E-state index >= 15 is 0 Å².